The van der Waals surface area contributed by atoms with E-state index in [-0.39, 0.29) is 5.84 Å². The molecule has 1 aliphatic rings. The normalized spacial score (nSPS) is 14.0. The summed E-state index contributed by atoms with van der Waals surface area (Å²) in [5.74, 6) is 0.896. The molecule has 74 valence electrons. The van der Waals surface area contributed by atoms with Crippen molar-refractivity contribution in [2.24, 2.45) is 5.73 Å². The summed E-state index contributed by atoms with van der Waals surface area (Å²) in [5.41, 5.74) is 8.29. The Balaban J connectivity index is 2.30. The van der Waals surface area contributed by atoms with E-state index in [2.05, 4.69) is 9.55 Å². The van der Waals surface area contributed by atoms with Gasteiger partial charge >= 0.3 is 0 Å². The van der Waals surface area contributed by atoms with Crippen LogP contribution in [0.3, 0.4) is 0 Å². The molecule has 2 aromatic rings. The zero-order valence-electron chi connectivity index (χ0n) is 8.07. The van der Waals surface area contributed by atoms with Crippen molar-refractivity contribution in [2.45, 2.75) is 6.54 Å². The number of aromatic nitrogens is 2. The Morgan fingerprint density at radius 2 is 2.20 bits per heavy atom. The number of imidazole rings is 1. The van der Waals surface area contributed by atoms with Crippen LogP contribution in [0.25, 0.3) is 16.6 Å². The van der Waals surface area contributed by atoms with Crippen molar-refractivity contribution in [3.05, 3.63) is 36.2 Å². The van der Waals surface area contributed by atoms with Crippen molar-refractivity contribution in [1.82, 2.24) is 9.55 Å². The number of allylic oxidation sites excluding steroid dienone is 1. The van der Waals surface area contributed by atoms with Crippen molar-refractivity contribution in [1.29, 1.82) is 5.41 Å². The second kappa shape index (κ2) is 2.70. The molecule has 2 heterocycles. The highest BCUT2D eigenvalue weighted by atomic mass is 15.1. The number of nitrogens with two attached hydrogens (primary N) is 1. The predicted octanol–water partition coefficient (Wildman–Crippen LogP) is 1.37. The maximum atomic E-state index is 7.45. The van der Waals surface area contributed by atoms with Gasteiger partial charge in [0.15, 0.2) is 0 Å². The molecule has 4 nitrogen and oxygen atoms in total. The van der Waals surface area contributed by atoms with Gasteiger partial charge in [-0.1, -0.05) is 18.2 Å². The van der Waals surface area contributed by atoms with Crippen LogP contribution in [0.1, 0.15) is 5.82 Å². The molecule has 0 amide bonds. The number of amidine groups is 1. The highest BCUT2D eigenvalue weighted by molar-refractivity contribution is 6.20. The Labute approximate surface area is 86.5 Å². The Bertz CT molecular complexity index is 592. The molecule has 4 heteroatoms. The molecule has 0 aliphatic carbocycles. The van der Waals surface area contributed by atoms with E-state index in [0.29, 0.717) is 0 Å². The standard InChI is InChI=1S/C11H10N4/c12-10(13)7-5-6-15-9-4-2-1-3-8(9)14-11(7)15/h1-5H,6H2,(H3,12,13). The summed E-state index contributed by atoms with van der Waals surface area (Å²) in [6.45, 7) is 0.755. The molecule has 0 fully saturated rings. The van der Waals surface area contributed by atoms with Gasteiger partial charge in [-0.3, -0.25) is 5.41 Å². The van der Waals surface area contributed by atoms with E-state index in [1.165, 1.54) is 0 Å². The van der Waals surface area contributed by atoms with E-state index in [4.69, 9.17) is 11.1 Å². The molecule has 3 rings (SSSR count). The van der Waals surface area contributed by atoms with Gasteiger partial charge in [0.2, 0.25) is 0 Å². The van der Waals surface area contributed by atoms with Crippen LogP contribution < -0.4 is 5.73 Å². The largest absolute Gasteiger partial charge is 0.384 e. The summed E-state index contributed by atoms with van der Waals surface area (Å²) in [6.07, 6.45) is 1.94. The highest BCUT2D eigenvalue weighted by Gasteiger charge is 2.20. The van der Waals surface area contributed by atoms with Gasteiger partial charge in [-0.2, -0.15) is 0 Å². The second-order valence-electron chi connectivity index (χ2n) is 3.57. The van der Waals surface area contributed by atoms with Crippen LogP contribution >= 0.6 is 0 Å². The molecule has 0 bridgehead atoms. The minimum atomic E-state index is 0.0871. The Morgan fingerprint density at radius 3 is 3.00 bits per heavy atom. The Hall–Kier alpha value is -2.10. The molecule has 0 spiro atoms. The van der Waals surface area contributed by atoms with Gasteiger partial charge < -0.3 is 10.3 Å². The van der Waals surface area contributed by atoms with Gasteiger partial charge in [0.05, 0.1) is 16.6 Å². The van der Waals surface area contributed by atoms with Crippen LogP contribution in [0.4, 0.5) is 0 Å². The lowest BCUT2D eigenvalue weighted by Crippen LogP contribution is -2.11. The molecule has 0 atom stereocenters. The third-order valence-corrected chi connectivity index (χ3v) is 2.66. The number of benzene rings is 1. The summed E-state index contributed by atoms with van der Waals surface area (Å²) < 4.78 is 2.08. The van der Waals surface area contributed by atoms with Gasteiger partial charge in [-0.25, -0.2) is 4.98 Å². The first-order chi connectivity index (χ1) is 7.27. The van der Waals surface area contributed by atoms with E-state index < -0.39 is 0 Å². The molecule has 0 radical (unpaired) electrons. The maximum absolute atomic E-state index is 7.45. The maximum Gasteiger partial charge on any atom is 0.144 e. The van der Waals surface area contributed by atoms with E-state index in [0.717, 1.165) is 29.0 Å². The SMILES string of the molecule is N=C(N)C1=CCn2c1nc1ccccc12. The molecule has 1 aromatic carbocycles. The molecule has 0 saturated carbocycles. The minimum Gasteiger partial charge on any atom is -0.384 e. The molecular weight excluding hydrogens is 188 g/mol. The minimum absolute atomic E-state index is 0.0871. The van der Waals surface area contributed by atoms with Crippen LogP contribution in [0.5, 0.6) is 0 Å². The lowest BCUT2D eigenvalue weighted by atomic mass is 10.2. The number of hydrogen-bond donors (Lipinski definition) is 2. The summed E-state index contributed by atoms with van der Waals surface area (Å²) in [6, 6.07) is 7.95. The smallest absolute Gasteiger partial charge is 0.144 e. The van der Waals surface area contributed by atoms with Gasteiger partial charge in [0.1, 0.15) is 11.7 Å². The fourth-order valence-corrected chi connectivity index (χ4v) is 1.97. The first-order valence-corrected chi connectivity index (χ1v) is 4.77. The molecule has 1 aromatic heterocycles. The predicted molar refractivity (Wildman–Crippen MR) is 59.6 cm³/mol. The molecular formula is C11H10N4. The monoisotopic (exact) mass is 198 g/mol. The molecule has 15 heavy (non-hydrogen) atoms. The van der Waals surface area contributed by atoms with Gasteiger partial charge in [0, 0.05) is 6.54 Å². The fourth-order valence-electron chi connectivity index (χ4n) is 1.97. The van der Waals surface area contributed by atoms with E-state index in [1.54, 1.807) is 0 Å². The summed E-state index contributed by atoms with van der Waals surface area (Å²) in [7, 11) is 0. The number of para-hydroxylation sites is 2. The molecule has 1 aliphatic heterocycles. The third kappa shape index (κ3) is 1.01. The van der Waals surface area contributed by atoms with E-state index in [9.17, 15) is 0 Å². The number of nitrogens with zero attached hydrogens (tertiary/aromatic N) is 2. The topological polar surface area (TPSA) is 67.7 Å². The zero-order chi connectivity index (χ0) is 10.4. The highest BCUT2D eigenvalue weighted by Crippen LogP contribution is 2.26. The number of hydrogen-bond acceptors (Lipinski definition) is 2. The van der Waals surface area contributed by atoms with Crippen molar-refractivity contribution in [3.63, 3.8) is 0 Å². The lowest BCUT2D eigenvalue weighted by molar-refractivity contribution is 0.867. The van der Waals surface area contributed by atoms with E-state index in [1.807, 2.05) is 30.3 Å². The van der Waals surface area contributed by atoms with Crippen LogP contribution in [-0.4, -0.2) is 15.4 Å². The van der Waals surface area contributed by atoms with Crippen LogP contribution in [0.2, 0.25) is 0 Å². The van der Waals surface area contributed by atoms with Gasteiger partial charge in [-0.15, -0.1) is 0 Å². The van der Waals surface area contributed by atoms with Crippen LogP contribution in [0, 0.1) is 5.41 Å². The van der Waals surface area contributed by atoms with Gasteiger partial charge in [0.25, 0.3) is 0 Å². The third-order valence-electron chi connectivity index (χ3n) is 2.66. The number of rotatable bonds is 1. The lowest BCUT2D eigenvalue weighted by Gasteiger charge is -1.98. The average Bonchev–Trinajstić information content (AvgIpc) is 2.74. The van der Waals surface area contributed by atoms with E-state index >= 15 is 0 Å². The average molecular weight is 198 g/mol. The summed E-state index contributed by atoms with van der Waals surface area (Å²) in [4.78, 5) is 4.47. The number of fused-ring (bicyclic) bond motifs is 3. The summed E-state index contributed by atoms with van der Waals surface area (Å²) in [5, 5.41) is 7.45. The first-order valence-electron chi connectivity index (χ1n) is 4.77. The van der Waals surface area contributed by atoms with Crippen LogP contribution in [0.15, 0.2) is 30.3 Å². The van der Waals surface area contributed by atoms with Crippen molar-refractivity contribution in [2.75, 3.05) is 0 Å². The molecule has 0 saturated heterocycles. The Kier molecular flexibility index (Phi) is 1.48. The van der Waals surface area contributed by atoms with Crippen molar-refractivity contribution >= 4 is 22.4 Å². The van der Waals surface area contributed by atoms with Crippen molar-refractivity contribution in [3.8, 4) is 0 Å². The Morgan fingerprint density at radius 1 is 1.40 bits per heavy atom. The fraction of sp³-hybridized carbons (Fsp3) is 0.0909. The first kappa shape index (κ1) is 8.23. The molecule has 3 N–H and O–H groups in total. The van der Waals surface area contributed by atoms with Crippen molar-refractivity contribution < 1.29 is 0 Å². The van der Waals surface area contributed by atoms with Crippen LogP contribution in [-0.2, 0) is 6.54 Å². The summed E-state index contributed by atoms with van der Waals surface area (Å²) >= 11 is 0. The number of nitrogens with one attached hydrogen (secondary N) is 1. The second-order valence-corrected chi connectivity index (χ2v) is 3.57. The zero-order valence-corrected chi connectivity index (χ0v) is 8.07. The quantitative estimate of drug-likeness (QED) is 0.536. The van der Waals surface area contributed by atoms with Gasteiger partial charge in [-0.05, 0) is 12.1 Å². The molecule has 0 unspecified atom stereocenters.